The summed E-state index contributed by atoms with van der Waals surface area (Å²) in [7, 11) is -3.40. The molecule has 1 saturated heterocycles. The van der Waals surface area contributed by atoms with Crippen LogP contribution in [0.5, 0.6) is 0 Å². The van der Waals surface area contributed by atoms with Crippen molar-refractivity contribution in [3.05, 3.63) is 16.3 Å². The van der Waals surface area contributed by atoms with Crippen LogP contribution in [0.25, 0.3) is 0 Å². The average Bonchev–Trinajstić information content (AvgIpc) is 3.00. The molecule has 0 spiro atoms. The van der Waals surface area contributed by atoms with Gasteiger partial charge < -0.3 is 10.1 Å². The first kappa shape index (κ1) is 14.9. The van der Waals surface area contributed by atoms with E-state index in [1.54, 1.807) is 11.4 Å². The maximum absolute atomic E-state index is 12.2. The molecule has 5 nitrogen and oxygen atoms in total. The number of rotatable bonds is 7. The highest BCUT2D eigenvalue weighted by molar-refractivity contribution is 7.89. The fourth-order valence-corrected chi connectivity index (χ4v) is 4.40. The Morgan fingerprint density at radius 2 is 2.37 bits per heavy atom. The highest BCUT2D eigenvalue weighted by Gasteiger charge is 2.24. The fraction of sp³-hybridized carbons (Fsp3) is 0.667. The SMILES string of the molecule is CCCNCc1cc(S(=O)(=O)NC2CCOC2)cs1. The lowest BCUT2D eigenvalue weighted by molar-refractivity contribution is 0.192. The Labute approximate surface area is 118 Å². The van der Waals surface area contributed by atoms with Gasteiger partial charge >= 0.3 is 0 Å². The minimum atomic E-state index is -3.40. The van der Waals surface area contributed by atoms with Crippen molar-refractivity contribution in [3.63, 3.8) is 0 Å². The predicted molar refractivity (Wildman–Crippen MR) is 75.9 cm³/mol. The van der Waals surface area contributed by atoms with Gasteiger partial charge in [-0.2, -0.15) is 0 Å². The van der Waals surface area contributed by atoms with Gasteiger partial charge in [0.2, 0.25) is 10.0 Å². The molecule has 1 aromatic heterocycles. The Balaban J connectivity index is 1.95. The van der Waals surface area contributed by atoms with Crippen molar-refractivity contribution in [1.82, 2.24) is 10.0 Å². The number of hydrogen-bond acceptors (Lipinski definition) is 5. The number of ether oxygens (including phenoxy) is 1. The first-order valence-corrected chi connectivity index (χ1v) is 8.86. The second-order valence-electron chi connectivity index (χ2n) is 4.61. The van der Waals surface area contributed by atoms with Gasteiger partial charge in [0.15, 0.2) is 0 Å². The molecule has 2 heterocycles. The van der Waals surface area contributed by atoms with Crippen LogP contribution in [0.2, 0.25) is 0 Å². The molecule has 19 heavy (non-hydrogen) atoms. The van der Waals surface area contributed by atoms with E-state index in [1.807, 2.05) is 0 Å². The van der Waals surface area contributed by atoms with Crippen LogP contribution in [0.15, 0.2) is 16.3 Å². The summed E-state index contributed by atoms with van der Waals surface area (Å²) in [4.78, 5) is 1.40. The van der Waals surface area contributed by atoms with E-state index in [9.17, 15) is 8.42 Å². The molecule has 0 aliphatic carbocycles. The molecule has 2 N–H and O–H groups in total. The van der Waals surface area contributed by atoms with Crippen molar-refractivity contribution in [2.24, 2.45) is 0 Å². The van der Waals surface area contributed by atoms with Crippen molar-refractivity contribution in [2.45, 2.75) is 37.2 Å². The molecule has 0 aromatic carbocycles. The van der Waals surface area contributed by atoms with E-state index in [0.29, 0.717) is 18.1 Å². The molecule has 0 amide bonds. The second-order valence-corrected chi connectivity index (χ2v) is 7.32. The molecule has 1 aliphatic rings. The van der Waals surface area contributed by atoms with Gasteiger partial charge in [-0.25, -0.2) is 13.1 Å². The van der Waals surface area contributed by atoms with Gasteiger partial charge in [0.25, 0.3) is 0 Å². The van der Waals surface area contributed by atoms with Crippen LogP contribution in [0.4, 0.5) is 0 Å². The minimum Gasteiger partial charge on any atom is -0.380 e. The molecule has 1 unspecified atom stereocenters. The molecular formula is C12H20N2O3S2. The van der Waals surface area contributed by atoms with E-state index in [-0.39, 0.29) is 6.04 Å². The van der Waals surface area contributed by atoms with Crippen LogP contribution < -0.4 is 10.0 Å². The van der Waals surface area contributed by atoms with Crippen molar-refractivity contribution in [1.29, 1.82) is 0 Å². The summed E-state index contributed by atoms with van der Waals surface area (Å²) in [5, 5.41) is 4.96. The van der Waals surface area contributed by atoms with E-state index < -0.39 is 10.0 Å². The third-order valence-corrected chi connectivity index (χ3v) is 5.50. The lowest BCUT2D eigenvalue weighted by Gasteiger charge is -2.09. The summed E-state index contributed by atoms with van der Waals surface area (Å²) in [5.41, 5.74) is 0. The lowest BCUT2D eigenvalue weighted by atomic mass is 10.3. The van der Waals surface area contributed by atoms with E-state index in [4.69, 9.17) is 4.74 Å². The largest absolute Gasteiger partial charge is 0.380 e. The van der Waals surface area contributed by atoms with Gasteiger partial charge in [0.1, 0.15) is 0 Å². The molecule has 1 fully saturated rings. The molecular weight excluding hydrogens is 284 g/mol. The number of hydrogen-bond donors (Lipinski definition) is 2. The highest BCUT2D eigenvalue weighted by atomic mass is 32.2. The quantitative estimate of drug-likeness (QED) is 0.746. The van der Waals surface area contributed by atoms with Crippen LogP contribution in [0.3, 0.4) is 0 Å². The van der Waals surface area contributed by atoms with Crippen molar-refractivity contribution < 1.29 is 13.2 Å². The molecule has 0 bridgehead atoms. The van der Waals surface area contributed by atoms with Gasteiger partial charge in [-0.05, 0) is 25.5 Å². The Morgan fingerprint density at radius 3 is 3.05 bits per heavy atom. The Kier molecular flexibility index (Phi) is 5.35. The zero-order chi connectivity index (χ0) is 13.7. The zero-order valence-corrected chi connectivity index (χ0v) is 12.6. The van der Waals surface area contributed by atoms with Crippen molar-refractivity contribution in [2.75, 3.05) is 19.8 Å². The Hall–Kier alpha value is -0.470. The fourth-order valence-electron chi connectivity index (χ4n) is 1.90. The smallest absolute Gasteiger partial charge is 0.241 e. The average molecular weight is 304 g/mol. The Bertz CT molecular complexity index is 493. The highest BCUT2D eigenvalue weighted by Crippen LogP contribution is 2.20. The second kappa shape index (κ2) is 6.81. The van der Waals surface area contributed by atoms with Crippen LogP contribution in [0, 0.1) is 0 Å². The standard InChI is InChI=1S/C12H20N2O3S2/c1-2-4-13-7-11-6-12(9-18-11)19(15,16)14-10-3-5-17-8-10/h6,9-10,13-14H,2-5,7-8H2,1H3. The van der Waals surface area contributed by atoms with Gasteiger partial charge in [0, 0.05) is 29.5 Å². The van der Waals surface area contributed by atoms with Crippen LogP contribution in [0.1, 0.15) is 24.6 Å². The first-order chi connectivity index (χ1) is 9.12. The summed E-state index contributed by atoms with van der Waals surface area (Å²) in [5.74, 6) is 0. The maximum Gasteiger partial charge on any atom is 0.241 e. The topological polar surface area (TPSA) is 67.4 Å². The van der Waals surface area contributed by atoms with Gasteiger partial charge in [-0.15, -0.1) is 11.3 Å². The predicted octanol–water partition coefficient (Wildman–Crippen LogP) is 1.31. The van der Waals surface area contributed by atoms with E-state index in [0.717, 1.165) is 30.8 Å². The third-order valence-electron chi connectivity index (χ3n) is 2.92. The van der Waals surface area contributed by atoms with Crippen LogP contribution in [-0.2, 0) is 21.3 Å². The molecule has 1 atom stereocenters. The van der Waals surface area contributed by atoms with Crippen molar-refractivity contribution in [3.8, 4) is 0 Å². The number of sulfonamides is 1. The lowest BCUT2D eigenvalue weighted by Crippen LogP contribution is -2.34. The van der Waals surface area contributed by atoms with Gasteiger partial charge in [-0.1, -0.05) is 6.92 Å². The Morgan fingerprint density at radius 1 is 1.53 bits per heavy atom. The summed E-state index contributed by atoms with van der Waals surface area (Å²) in [6.45, 7) is 4.86. The minimum absolute atomic E-state index is 0.0911. The van der Waals surface area contributed by atoms with Gasteiger partial charge in [-0.3, -0.25) is 0 Å². The van der Waals surface area contributed by atoms with Crippen LogP contribution >= 0.6 is 11.3 Å². The monoisotopic (exact) mass is 304 g/mol. The van der Waals surface area contributed by atoms with E-state index >= 15 is 0 Å². The molecule has 1 aliphatic heterocycles. The number of thiophene rings is 1. The van der Waals surface area contributed by atoms with Gasteiger partial charge in [0.05, 0.1) is 11.5 Å². The molecule has 0 saturated carbocycles. The molecule has 2 rings (SSSR count). The number of nitrogens with one attached hydrogen (secondary N) is 2. The summed E-state index contributed by atoms with van der Waals surface area (Å²) < 4.78 is 32.2. The van der Waals surface area contributed by atoms with E-state index in [1.165, 1.54) is 11.3 Å². The normalized spacial score (nSPS) is 19.9. The van der Waals surface area contributed by atoms with Crippen LogP contribution in [-0.4, -0.2) is 34.2 Å². The summed E-state index contributed by atoms with van der Waals surface area (Å²) in [6.07, 6.45) is 1.81. The third kappa shape index (κ3) is 4.25. The van der Waals surface area contributed by atoms with Crippen molar-refractivity contribution >= 4 is 21.4 Å². The van der Waals surface area contributed by atoms with E-state index in [2.05, 4.69) is 17.0 Å². The maximum atomic E-state index is 12.2. The summed E-state index contributed by atoms with van der Waals surface area (Å²) >= 11 is 1.47. The molecule has 7 heteroatoms. The molecule has 108 valence electrons. The first-order valence-electron chi connectivity index (χ1n) is 6.50. The summed E-state index contributed by atoms with van der Waals surface area (Å²) in [6, 6.07) is 1.65. The zero-order valence-electron chi connectivity index (χ0n) is 11.0. The molecule has 0 radical (unpaired) electrons. The molecule has 1 aromatic rings.